The summed E-state index contributed by atoms with van der Waals surface area (Å²) >= 11 is 1.23. The molecule has 0 spiro atoms. The van der Waals surface area contributed by atoms with Crippen molar-refractivity contribution < 1.29 is 26.4 Å². The fourth-order valence-electron chi connectivity index (χ4n) is 3.61. The normalized spacial score (nSPS) is 23.2. The highest BCUT2D eigenvalue weighted by Crippen LogP contribution is 2.27. The van der Waals surface area contributed by atoms with Crippen LogP contribution in [0, 0.1) is 0 Å². The Morgan fingerprint density at radius 2 is 2.07 bits per heavy atom. The third-order valence-corrected chi connectivity index (χ3v) is 9.91. The lowest BCUT2D eigenvalue weighted by atomic mass is 10.2. The van der Waals surface area contributed by atoms with Gasteiger partial charge in [-0.1, -0.05) is 11.8 Å². The van der Waals surface area contributed by atoms with Gasteiger partial charge < -0.3 is 9.64 Å². The van der Waals surface area contributed by atoms with Crippen molar-refractivity contribution >= 4 is 37.5 Å². The second-order valence-corrected chi connectivity index (χ2v) is 12.8. The molecule has 0 bridgehead atoms. The second-order valence-electron chi connectivity index (χ2n) is 7.29. The number of hydrogen-bond donors (Lipinski definition) is 0. The highest BCUT2D eigenvalue weighted by Gasteiger charge is 2.35. The molecular formula is C18H27N3O6S3. The Morgan fingerprint density at radius 1 is 1.37 bits per heavy atom. The van der Waals surface area contributed by atoms with E-state index in [1.807, 2.05) is 6.92 Å². The van der Waals surface area contributed by atoms with Gasteiger partial charge in [0, 0.05) is 31.9 Å². The summed E-state index contributed by atoms with van der Waals surface area (Å²) in [5.41, 5.74) is 0. The minimum atomic E-state index is -3.61. The van der Waals surface area contributed by atoms with Gasteiger partial charge in [-0.05, 0) is 32.4 Å². The minimum Gasteiger partial charge on any atom is -0.379 e. The molecule has 0 unspecified atom stereocenters. The van der Waals surface area contributed by atoms with E-state index in [1.165, 1.54) is 28.3 Å². The number of thioether (sulfide) groups is 1. The van der Waals surface area contributed by atoms with Gasteiger partial charge in [-0.3, -0.25) is 4.79 Å². The van der Waals surface area contributed by atoms with E-state index in [4.69, 9.17) is 4.74 Å². The highest BCUT2D eigenvalue weighted by atomic mass is 32.2. The number of hydrogen-bond acceptors (Lipinski definition) is 8. The van der Waals surface area contributed by atoms with Gasteiger partial charge in [0.25, 0.3) is 0 Å². The van der Waals surface area contributed by atoms with E-state index in [1.54, 1.807) is 17.9 Å². The number of carbonyl (C=O) groups is 1. The molecule has 0 N–H and O–H groups in total. The zero-order valence-corrected chi connectivity index (χ0v) is 19.5. The Morgan fingerprint density at radius 3 is 2.60 bits per heavy atom. The number of sulfonamides is 1. The summed E-state index contributed by atoms with van der Waals surface area (Å²) < 4.78 is 55.4. The summed E-state index contributed by atoms with van der Waals surface area (Å²) in [5, 5.41) is 0.0642. The first-order valence-corrected chi connectivity index (χ1v) is 14.0. The maximum atomic E-state index is 12.9. The monoisotopic (exact) mass is 477 g/mol. The fourth-order valence-corrected chi connectivity index (χ4v) is 7.55. The van der Waals surface area contributed by atoms with Gasteiger partial charge in [0.05, 0.1) is 35.0 Å². The molecule has 168 valence electrons. The van der Waals surface area contributed by atoms with Crippen LogP contribution in [0.4, 0.5) is 0 Å². The zero-order chi connectivity index (χ0) is 21.9. The first kappa shape index (κ1) is 23.5. The quantitative estimate of drug-likeness (QED) is 0.525. The third-order valence-electron chi connectivity index (χ3n) is 5.24. The van der Waals surface area contributed by atoms with E-state index in [9.17, 15) is 21.6 Å². The van der Waals surface area contributed by atoms with Crippen LogP contribution < -0.4 is 0 Å². The zero-order valence-electron chi connectivity index (χ0n) is 17.1. The molecule has 3 heterocycles. The topological polar surface area (TPSA) is 114 Å². The van der Waals surface area contributed by atoms with Gasteiger partial charge in [-0.2, -0.15) is 4.31 Å². The molecular weight excluding hydrogens is 450 g/mol. The van der Waals surface area contributed by atoms with Gasteiger partial charge in [-0.25, -0.2) is 21.8 Å². The van der Waals surface area contributed by atoms with E-state index < -0.39 is 25.1 Å². The average Bonchev–Trinajstić information content (AvgIpc) is 3.09. The van der Waals surface area contributed by atoms with Gasteiger partial charge in [0.2, 0.25) is 15.9 Å². The van der Waals surface area contributed by atoms with Crippen LogP contribution in [-0.4, -0.2) is 92.6 Å². The molecule has 0 aromatic carbocycles. The molecule has 2 aliphatic heterocycles. The van der Waals surface area contributed by atoms with Crippen LogP contribution in [0.1, 0.15) is 20.3 Å². The molecule has 2 saturated heterocycles. The molecule has 2 fully saturated rings. The SMILES string of the molecule is CCN(C(=O)[C@@H](C)Sc1ccc(S(=O)(=O)N2CCOCC2)cn1)[C@@H]1CCS(=O)(=O)C1. The Bertz CT molecular complexity index is 959. The Hall–Kier alpha value is -1.21. The minimum absolute atomic E-state index is 0.0102. The van der Waals surface area contributed by atoms with Crippen molar-refractivity contribution in [3.05, 3.63) is 18.3 Å². The van der Waals surface area contributed by atoms with Crippen molar-refractivity contribution in [2.45, 2.75) is 41.5 Å². The number of amides is 1. The number of nitrogens with zero attached hydrogens (tertiary/aromatic N) is 3. The number of carbonyl (C=O) groups excluding carboxylic acids is 1. The molecule has 0 aliphatic carbocycles. The molecule has 2 atom stereocenters. The number of morpholine rings is 1. The maximum Gasteiger partial charge on any atom is 0.244 e. The van der Waals surface area contributed by atoms with Crippen molar-refractivity contribution in [2.24, 2.45) is 0 Å². The summed E-state index contributed by atoms with van der Waals surface area (Å²) in [5.74, 6) is -0.0173. The average molecular weight is 478 g/mol. The Kier molecular flexibility index (Phi) is 7.44. The summed E-state index contributed by atoms with van der Waals surface area (Å²) in [4.78, 5) is 18.8. The number of ether oxygens (including phenoxy) is 1. The van der Waals surface area contributed by atoms with E-state index >= 15 is 0 Å². The van der Waals surface area contributed by atoms with Gasteiger partial charge in [0.1, 0.15) is 4.90 Å². The number of sulfone groups is 1. The van der Waals surface area contributed by atoms with Crippen LogP contribution in [0.25, 0.3) is 0 Å². The molecule has 1 aromatic heterocycles. The first-order valence-electron chi connectivity index (χ1n) is 9.85. The molecule has 1 aromatic rings. The van der Waals surface area contributed by atoms with E-state index in [2.05, 4.69) is 4.98 Å². The van der Waals surface area contributed by atoms with Crippen LogP contribution in [0.3, 0.4) is 0 Å². The lowest BCUT2D eigenvalue weighted by Crippen LogP contribution is -2.44. The lowest BCUT2D eigenvalue weighted by Gasteiger charge is -2.29. The van der Waals surface area contributed by atoms with E-state index in [0.717, 1.165) is 0 Å². The second kappa shape index (κ2) is 9.51. The van der Waals surface area contributed by atoms with E-state index in [0.29, 0.717) is 44.3 Å². The van der Waals surface area contributed by atoms with Crippen molar-refractivity contribution in [1.29, 1.82) is 0 Å². The maximum absolute atomic E-state index is 12.9. The van der Waals surface area contributed by atoms with Gasteiger partial charge in [0.15, 0.2) is 9.84 Å². The van der Waals surface area contributed by atoms with Crippen LogP contribution in [-0.2, 0) is 29.4 Å². The molecule has 12 heteroatoms. The van der Waals surface area contributed by atoms with Crippen LogP contribution in [0.5, 0.6) is 0 Å². The summed E-state index contributed by atoms with van der Waals surface area (Å²) in [7, 11) is -6.69. The summed E-state index contributed by atoms with van der Waals surface area (Å²) in [6.07, 6.45) is 1.77. The molecule has 0 saturated carbocycles. The molecule has 0 radical (unpaired) electrons. The molecule has 2 aliphatic rings. The third kappa shape index (κ3) is 5.34. The number of aromatic nitrogens is 1. The standard InChI is InChI=1S/C18H27N3O6S3/c1-3-21(15-6-11-29(23,24)13-15)18(22)14(2)28-17-5-4-16(12-19-17)30(25,26)20-7-9-27-10-8-20/h4-5,12,14-15H,3,6-11,13H2,1-2H3/t14-,15-/m1/s1. The molecule has 9 nitrogen and oxygen atoms in total. The van der Waals surface area contributed by atoms with Gasteiger partial charge >= 0.3 is 0 Å². The predicted octanol–water partition coefficient (Wildman–Crippen LogP) is 0.619. The van der Waals surface area contributed by atoms with Crippen molar-refractivity contribution in [3.8, 4) is 0 Å². The molecule has 3 rings (SSSR count). The smallest absolute Gasteiger partial charge is 0.244 e. The summed E-state index contributed by atoms with van der Waals surface area (Å²) in [6.45, 7) is 5.39. The number of rotatable bonds is 7. The van der Waals surface area contributed by atoms with Gasteiger partial charge in [-0.15, -0.1) is 0 Å². The lowest BCUT2D eigenvalue weighted by molar-refractivity contribution is -0.131. The van der Waals surface area contributed by atoms with Crippen molar-refractivity contribution in [1.82, 2.24) is 14.2 Å². The Labute approximate surface area is 182 Å². The van der Waals surface area contributed by atoms with Crippen LogP contribution in [0.2, 0.25) is 0 Å². The fraction of sp³-hybridized carbons (Fsp3) is 0.667. The summed E-state index contributed by atoms with van der Waals surface area (Å²) in [6, 6.07) is 2.81. The van der Waals surface area contributed by atoms with Crippen LogP contribution in [0.15, 0.2) is 28.3 Å². The molecule has 1 amide bonds. The largest absolute Gasteiger partial charge is 0.379 e. The van der Waals surface area contributed by atoms with Crippen LogP contribution >= 0.6 is 11.8 Å². The first-order chi connectivity index (χ1) is 14.1. The highest BCUT2D eigenvalue weighted by molar-refractivity contribution is 8.00. The Balaban J connectivity index is 1.65. The predicted molar refractivity (Wildman–Crippen MR) is 114 cm³/mol. The van der Waals surface area contributed by atoms with Crippen molar-refractivity contribution in [2.75, 3.05) is 44.4 Å². The number of pyridine rings is 1. The molecule has 30 heavy (non-hydrogen) atoms. The van der Waals surface area contributed by atoms with E-state index in [-0.39, 0.29) is 28.4 Å². The van der Waals surface area contributed by atoms with Crippen molar-refractivity contribution in [3.63, 3.8) is 0 Å².